The molecule has 0 atom stereocenters. The number of fused-ring (bicyclic) bond motifs is 1. The van der Waals surface area contributed by atoms with Gasteiger partial charge in [0.1, 0.15) is 0 Å². The number of carbonyl (C=O) groups is 1. The van der Waals surface area contributed by atoms with Gasteiger partial charge in [-0.25, -0.2) is 8.42 Å². The lowest BCUT2D eigenvalue weighted by atomic mass is 10.0. The summed E-state index contributed by atoms with van der Waals surface area (Å²) in [4.78, 5) is 14.2. The second kappa shape index (κ2) is 6.39. The molecule has 1 saturated carbocycles. The number of nitrogens with zero attached hydrogens (tertiary/aromatic N) is 4. The van der Waals surface area contributed by atoms with Gasteiger partial charge in [0.25, 0.3) is 0 Å². The highest BCUT2D eigenvalue weighted by molar-refractivity contribution is 7.90. The summed E-state index contributed by atoms with van der Waals surface area (Å²) in [5.41, 5.74) is 3.03. The van der Waals surface area contributed by atoms with Gasteiger partial charge >= 0.3 is 0 Å². The monoisotopic (exact) mass is 366 g/mol. The predicted molar refractivity (Wildman–Crippen MR) is 93.4 cm³/mol. The van der Waals surface area contributed by atoms with Crippen LogP contribution in [0, 0.1) is 0 Å². The summed E-state index contributed by atoms with van der Waals surface area (Å²) in [5, 5.41) is 4.42. The van der Waals surface area contributed by atoms with Crippen molar-refractivity contribution < 1.29 is 13.2 Å². The normalized spacial score (nSPS) is 21.6. The van der Waals surface area contributed by atoms with E-state index in [2.05, 4.69) is 5.10 Å². The Balaban J connectivity index is 1.48. The minimum absolute atomic E-state index is 0.175. The molecular weight excluding hydrogens is 340 g/mol. The predicted octanol–water partition coefficient (Wildman–Crippen LogP) is 0.825. The molecule has 1 amide bonds. The zero-order chi connectivity index (χ0) is 17.6. The maximum absolute atomic E-state index is 12.6. The first-order valence-electron chi connectivity index (χ1n) is 9.27. The third kappa shape index (κ3) is 3.21. The molecule has 0 unspecified atom stereocenters. The molecule has 0 bridgehead atoms. The van der Waals surface area contributed by atoms with E-state index < -0.39 is 10.0 Å². The van der Waals surface area contributed by atoms with Crippen LogP contribution in [0.15, 0.2) is 0 Å². The lowest BCUT2D eigenvalue weighted by Gasteiger charge is -2.27. The molecule has 0 aromatic carbocycles. The van der Waals surface area contributed by atoms with Gasteiger partial charge in [-0.3, -0.25) is 9.48 Å². The largest absolute Gasteiger partial charge is 0.343 e. The number of carbonyl (C=O) groups excluding carboxylic acids is 1. The van der Waals surface area contributed by atoms with E-state index in [9.17, 15) is 13.2 Å². The molecule has 1 aliphatic carbocycles. The number of amides is 1. The first kappa shape index (κ1) is 17.0. The molecule has 3 heterocycles. The van der Waals surface area contributed by atoms with Gasteiger partial charge in [0.15, 0.2) is 0 Å². The molecule has 138 valence electrons. The average molecular weight is 366 g/mol. The Morgan fingerprint density at radius 2 is 1.92 bits per heavy atom. The molecule has 25 heavy (non-hydrogen) atoms. The lowest BCUT2D eigenvalue weighted by molar-refractivity contribution is -0.130. The molecular formula is C17H26N4O3S. The molecule has 3 aliphatic rings. The van der Waals surface area contributed by atoms with Crippen molar-refractivity contribution in [3.63, 3.8) is 0 Å². The van der Waals surface area contributed by atoms with Crippen LogP contribution >= 0.6 is 0 Å². The summed E-state index contributed by atoms with van der Waals surface area (Å²) in [6, 6.07) is 0. The van der Waals surface area contributed by atoms with Crippen molar-refractivity contribution in [2.24, 2.45) is 7.05 Å². The van der Waals surface area contributed by atoms with Crippen molar-refractivity contribution in [2.45, 2.75) is 56.7 Å². The number of hydrogen-bond donors (Lipinski definition) is 0. The Bertz CT molecular complexity index is 776. The van der Waals surface area contributed by atoms with E-state index in [1.165, 1.54) is 0 Å². The van der Waals surface area contributed by atoms with Crippen LogP contribution in [0.5, 0.6) is 0 Å². The van der Waals surface area contributed by atoms with Crippen LogP contribution in [0.2, 0.25) is 0 Å². The van der Waals surface area contributed by atoms with Crippen molar-refractivity contribution in [3.8, 4) is 0 Å². The zero-order valence-corrected chi connectivity index (χ0v) is 15.6. The second-order valence-electron chi connectivity index (χ2n) is 7.41. The fourth-order valence-electron chi connectivity index (χ4n) is 3.99. The lowest BCUT2D eigenvalue weighted by Crippen LogP contribution is -2.38. The van der Waals surface area contributed by atoms with Crippen molar-refractivity contribution in [1.29, 1.82) is 0 Å². The van der Waals surface area contributed by atoms with E-state index in [0.717, 1.165) is 55.7 Å². The van der Waals surface area contributed by atoms with Crippen LogP contribution in [0.4, 0.5) is 0 Å². The Morgan fingerprint density at radius 3 is 2.60 bits per heavy atom. The molecule has 1 aromatic rings. The van der Waals surface area contributed by atoms with E-state index in [4.69, 9.17) is 0 Å². The van der Waals surface area contributed by atoms with Crippen molar-refractivity contribution in [1.82, 2.24) is 19.0 Å². The highest BCUT2D eigenvalue weighted by Gasteiger charge is 2.41. The minimum Gasteiger partial charge on any atom is -0.343 e. The van der Waals surface area contributed by atoms with Crippen molar-refractivity contribution in [2.75, 3.05) is 19.6 Å². The van der Waals surface area contributed by atoms with E-state index in [1.807, 2.05) is 16.6 Å². The first-order chi connectivity index (χ1) is 12.0. The Hall–Kier alpha value is -1.41. The summed E-state index contributed by atoms with van der Waals surface area (Å²) >= 11 is 0. The molecule has 0 radical (unpaired) electrons. The zero-order valence-electron chi connectivity index (χ0n) is 14.8. The maximum atomic E-state index is 12.6. The Labute approximate surface area is 149 Å². The fourth-order valence-corrected chi connectivity index (χ4v) is 5.80. The van der Waals surface area contributed by atoms with Crippen LogP contribution in [-0.4, -0.2) is 58.2 Å². The van der Waals surface area contributed by atoms with Crippen LogP contribution in [-0.2, 0) is 41.3 Å². The number of rotatable bonds is 5. The van der Waals surface area contributed by atoms with Crippen LogP contribution in [0.3, 0.4) is 0 Å². The van der Waals surface area contributed by atoms with Gasteiger partial charge in [0.05, 0.1) is 10.9 Å². The molecule has 2 fully saturated rings. The number of sulfonamides is 1. The third-order valence-corrected chi connectivity index (χ3v) is 7.98. The van der Waals surface area contributed by atoms with Gasteiger partial charge in [-0.2, -0.15) is 9.40 Å². The fraction of sp³-hybridized carbons (Fsp3) is 0.765. The Kier molecular flexibility index (Phi) is 4.35. The number of hydrogen-bond acceptors (Lipinski definition) is 4. The standard InChI is InChI=1S/C17H26N4O3S/c1-19-16-8-11-21(25(23,24)13-4-5-13)12-14(16)15(18-19)6-7-17(22)20-9-2-3-10-20/h13H,2-12H2,1H3. The van der Waals surface area contributed by atoms with Crippen LogP contribution < -0.4 is 0 Å². The van der Waals surface area contributed by atoms with Gasteiger partial charge in [-0.1, -0.05) is 0 Å². The quantitative estimate of drug-likeness (QED) is 0.773. The van der Waals surface area contributed by atoms with Crippen molar-refractivity contribution in [3.05, 3.63) is 17.0 Å². The Morgan fingerprint density at radius 1 is 1.20 bits per heavy atom. The minimum atomic E-state index is -3.16. The highest BCUT2D eigenvalue weighted by Crippen LogP contribution is 2.34. The van der Waals surface area contributed by atoms with Gasteiger partial charge in [0.2, 0.25) is 15.9 Å². The molecule has 7 nitrogen and oxygen atoms in total. The number of likely N-dealkylation sites (tertiary alicyclic amines) is 1. The van der Waals surface area contributed by atoms with Crippen LogP contribution in [0.1, 0.15) is 49.1 Å². The molecule has 2 aliphatic heterocycles. The van der Waals surface area contributed by atoms with E-state index in [0.29, 0.717) is 32.4 Å². The molecule has 8 heteroatoms. The van der Waals surface area contributed by atoms with Crippen LogP contribution in [0.25, 0.3) is 0 Å². The summed E-state index contributed by atoms with van der Waals surface area (Å²) < 4.78 is 28.6. The number of aryl methyl sites for hydroxylation is 2. The van der Waals surface area contributed by atoms with E-state index in [1.54, 1.807) is 4.31 Å². The summed E-state index contributed by atoms with van der Waals surface area (Å²) in [7, 11) is -1.25. The molecule has 0 spiro atoms. The van der Waals surface area contributed by atoms with Gasteiger partial charge in [-0.15, -0.1) is 0 Å². The molecule has 1 aromatic heterocycles. The smallest absolute Gasteiger partial charge is 0.222 e. The highest BCUT2D eigenvalue weighted by atomic mass is 32.2. The van der Waals surface area contributed by atoms with E-state index in [-0.39, 0.29) is 11.2 Å². The summed E-state index contributed by atoms with van der Waals surface area (Å²) in [6.07, 6.45) is 5.52. The third-order valence-electron chi connectivity index (χ3n) is 5.63. The average Bonchev–Trinajstić information content (AvgIpc) is 3.24. The van der Waals surface area contributed by atoms with Gasteiger partial charge < -0.3 is 4.90 Å². The summed E-state index contributed by atoms with van der Waals surface area (Å²) in [6.45, 7) is 2.69. The topological polar surface area (TPSA) is 75.5 Å². The molecule has 4 rings (SSSR count). The van der Waals surface area contributed by atoms with E-state index >= 15 is 0 Å². The second-order valence-corrected chi connectivity index (χ2v) is 9.62. The molecule has 1 saturated heterocycles. The number of aromatic nitrogens is 2. The van der Waals surface area contributed by atoms with Gasteiger partial charge in [-0.05, 0) is 25.7 Å². The first-order valence-corrected chi connectivity index (χ1v) is 10.8. The van der Waals surface area contributed by atoms with Crippen molar-refractivity contribution >= 4 is 15.9 Å². The van der Waals surface area contributed by atoms with Gasteiger partial charge in [0, 0.05) is 63.7 Å². The summed E-state index contributed by atoms with van der Waals surface area (Å²) in [5.74, 6) is 0.190. The molecule has 0 N–H and O–H groups in total. The SMILES string of the molecule is Cn1nc(CCC(=O)N2CCCC2)c2c1CCN(S(=O)(=O)C1CC1)C2. The maximum Gasteiger partial charge on any atom is 0.222 e.